The fraction of sp³-hybridized carbons (Fsp3) is 0.350. The molecule has 0 spiro atoms. The van der Waals surface area contributed by atoms with Gasteiger partial charge in [-0.1, -0.05) is 5.16 Å². The first-order valence-electron chi connectivity index (χ1n) is 9.69. The Hall–Kier alpha value is -3.90. The molecule has 7 N–H and O–H groups in total. The van der Waals surface area contributed by atoms with E-state index in [0.29, 0.717) is 12.2 Å². The van der Waals surface area contributed by atoms with Crippen LogP contribution in [0.15, 0.2) is 40.3 Å². The van der Waals surface area contributed by atoms with E-state index in [-0.39, 0.29) is 34.9 Å². The van der Waals surface area contributed by atoms with E-state index in [1.807, 2.05) is 0 Å². The highest BCUT2D eigenvalue weighted by Gasteiger charge is 2.51. The molecular weight excluding hydrogens is 443 g/mol. The average molecular weight is 467 g/mol. The zero-order valence-electron chi connectivity index (χ0n) is 18.1. The summed E-state index contributed by atoms with van der Waals surface area (Å²) in [4.78, 5) is 28.0. The van der Waals surface area contributed by atoms with E-state index in [1.54, 1.807) is 6.92 Å². The summed E-state index contributed by atoms with van der Waals surface area (Å²) in [6.45, 7) is 4.05. The summed E-state index contributed by atoms with van der Waals surface area (Å²) in [5.41, 5.74) is 8.90. The summed E-state index contributed by atoms with van der Waals surface area (Å²) >= 11 is 0. The molecule has 0 aliphatic heterocycles. The molecule has 0 saturated heterocycles. The van der Waals surface area contributed by atoms with E-state index in [1.165, 1.54) is 18.3 Å². The number of nitrogens with zero attached hydrogens (tertiary/aromatic N) is 2. The maximum atomic E-state index is 13.1. The Labute approximate surface area is 187 Å². The summed E-state index contributed by atoms with van der Waals surface area (Å²) in [5.74, 6) is -2.13. The van der Waals surface area contributed by atoms with Crippen molar-refractivity contribution in [2.45, 2.75) is 38.8 Å². The van der Waals surface area contributed by atoms with Crippen LogP contribution in [-0.2, 0) is 21.4 Å². The molecule has 0 saturated carbocycles. The number of aromatic nitrogens is 2. The van der Waals surface area contributed by atoms with Crippen LogP contribution in [0.4, 0.5) is 19.0 Å². The Kier molecular flexibility index (Phi) is 7.46. The Morgan fingerprint density at radius 3 is 2.39 bits per heavy atom. The minimum atomic E-state index is -4.56. The molecule has 2 aromatic rings. The van der Waals surface area contributed by atoms with E-state index in [2.05, 4.69) is 20.8 Å². The van der Waals surface area contributed by atoms with Crippen molar-refractivity contribution in [1.29, 1.82) is 5.41 Å². The molecule has 0 bridgehead atoms. The van der Waals surface area contributed by atoms with E-state index in [4.69, 9.17) is 21.4 Å². The number of anilines is 1. The second-order valence-corrected chi connectivity index (χ2v) is 7.52. The van der Waals surface area contributed by atoms with Gasteiger partial charge in [0.05, 0.1) is 12.1 Å². The number of carbonyl (C=O) groups excluding carboxylic acids is 2. The van der Waals surface area contributed by atoms with Gasteiger partial charge in [-0.15, -0.1) is 0 Å². The number of rotatable bonds is 9. The van der Waals surface area contributed by atoms with E-state index >= 15 is 0 Å². The smallest absolute Gasteiger partial charge is 0.385 e. The molecule has 0 aliphatic carbocycles. The molecule has 2 aromatic heterocycles. The van der Waals surface area contributed by atoms with Gasteiger partial charge in [0.1, 0.15) is 16.8 Å². The highest BCUT2D eigenvalue weighted by molar-refractivity contribution is 6.26. The van der Waals surface area contributed by atoms with Crippen LogP contribution >= 0.6 is 0 Å². The summed E-state index contributed by atoms with van der Waals surface area (Å²) in [5, 5.41) is 16.7. The number of hydrogen-bond acceptors (Lipinski definition) is 8. The van der Waals surface area contributed by atoms with Crippen molar-refractivity contribution in [1.82, 2.24) is 15.5 Å². The van der Waals surface area contributed by atoms with Gasteiger partial charge in [0, 0.05) is 30.1 Å². The highest BCUT2D eigenvalue weighted by atomic mass is 19.4. The van der Waals surface area contributed by atoms with Crippen molar-refractivity contribution < 1.29 is 27.3 Å². The van der Waals surface area contributed by atoms with E-state index in [0.717, 1.165) is 19.9 Å². The average Bonchev–Trinajstić information content (AvgIpc) is 3.16. The van der Waals surface area contributed by atoms with Gasteiger partial charge in [0.2, 0.25) is 5.91 Å². The van der Waals surface area contributed by atoms with Gasteiger partial charge >= 0.3 is 6.18 Å². The van der Waals surface area contributed by atoms with Crippen molar-refractivity contribution >= 4 is 23.3 Å². The van der Waals surface area contributed by atoms with Gasteiger partial charge in [-0.05, 0) is 32.9 Å². The first-order chi connectivity index (χ1) is 15.3. The molecule has 0 atom stereocenters. The van der Waals surface area contributed by atoms with Gasteiger partial charge in [0.15, 0.2) is 11.6 Å². The SMILES string of the molecule is CCN/C(N)=C(\C(=N)c1ccc(CC(=O)Nc2cc(C(C)(C)C(F)(F)F)on2)nc1)C(N)=O. The quantitative estimate of drug-likeness (QED) is 0.276. The van der Waals surface area contributed by atoms with Gasteiger partial charge in [-0.25, -0.2) is 0 Å². The zero-order valence-corrected chi connectivity index (χ0v) is 18.1. The molecule has 2 heterocycles. The molecule has 13 heteroatoms. The van der Waals surface area contributed by atoms with Gasteiger partial charge < -0.3 is 26.6 Å². The number of primary amides is 1. The van der Waals surface area contributed by atoms with Gasteiger partial charge in [-0.3, -0.25) is 20.0 Å². The summed E-state index contributed by atoms with van der Waals surface area (Å²) in [6, 6.07) is 3.92. The second-order valence-electron chi connectivity index (χ2n) is 7.52. The molecular formula is C20H24F3N7O3. The molecule has 10 nitrogen and oxygen atoms in total. The molecule has 0 radical (unpaired) electrons. The maximum Gasteiger partial charge on any atom is 0.401 e. The van der Waals surface area contributed by atoms with Gasteiger partial charge in [-0.2, -0.15) is 13.2 Å². The lowest BCUT2D eigenvalue weighted by Crippen LogP contribution is -2.35. The Bertz CT molecular complexity index is 1070. The van der Waals surface area contributed by atoms with Crippen LogP contribution in [-0.4, -0.2) is 40.4 Å². The number of halogens is 3. The Morgan fingerprint density at radius 2 is 1.88 bits per heavy atom. The number of hydrogen-bond donors (Lipinski definition) is 5. The molecule has 33 heavy (non-hydrogen) atoms. The fourth-order valence-corrected chi connectivity index (χ4v) is 2.61. The first-order valence-corrected chi connectivity index (χ1v) is 9.69. The van der Waals surface area contributed by atoms with Crippen molar-refractivity contribution in [3.8, 4) is 0 Å². The number of nitrogens with one attached hydrogen (secondary N) is 3. The van der Waals surface area contributed by atoms with E-state index in [9.17, 15) is 22.8 Å². The zero-order chi connectivity index (χ0) is 25.0. The molecule has 178 valence electrons. The number of amides is 2. The highest BCUT2D eigenvalue weighted by Crippen LogP contribution is 2.40. The number of carbonyl (C=O) groups is 2. The summed E-state index contributed by atoms with van der Waals surface area (Å²) in [6.07, 6.45) is -3.52. The predicted octanol–water partition coefficient (Wildman–Crippen LogP) is 1.72. The van der Waals surface area contributed by atoms with Crippen molar-refractivity contribution in [2.24, 2.45) is 11.5 Å². The lowest BCUT2D eigenvalue weighted by Gasteiger charge is -2.24. The van der Waals surface area contributed by atoms with Crippen molar-refractivity contribution in [2.75, 3.05) is 11.9 Å². The van der Waals surface area contributed by atoms with Gasteiger partial charge in [0.25, 0.3) is 5.91 Å². The van der Waals surface area contributed by atoms with Crippen LogP contribution < -0.4 is 22.1 Å². The van der Waals surface area contributed by atoms with Crippen LogP contribution in [0.25, 0.3) is 0 Å². The lowest BCUT2D eigenvalue weighted by atomic mass is 9.89. The normalized spacial score (nSPS) is 12.7. The first kappa shape index (κ1) is 25.4. The summed E-state index contributed by atoms with van der Waals surface area (Å²) < 4.78 is 44.1. The molecule has 2 rings (SSSR count). The van der Waals surface area contributed by atoms with E-state index < -0.39 is 29.2 Å². The predicted molar refractivity (Wildman–Crippen MR) is 113 cm³/mol. The maximum absolute atomic E-state index is 13.1. The topological polar surface area (TPSA) is 173 Å². The summed E-state index contributed by atoms with van der Waals surface area (Å²) in [7, 11) is 0. The third-order valence-corrected chi connectivity index (χ3v) is 4.69. The Balaban J connectivity index is 2.09. The third-order valence-electron chi connectivity index (χ3n) is 4.69. The lowest BCUT2D eigenvalue weighted by molar-refractivity contribution is -0.185. The molecule has 0 fully saturated rings. The van der Waals surface area contributed by atoms with Crippen LogP contribution in [0.5, 0.6) is 0 Å². The minimum absolute atomic E-state index is 0.0425. The standard InChI is InChI=1S/C20H24F3N7O3/c1-4-27-17(25)15(18(26)32)16(24)10-5-6-11(28-9-10)7-14(31)29-13-8-12(33-30-13)19(2,3)20(21,22)23/h5-6,8-9,24,27H,4,7,25H2,1-3H3,(H2,26,32)(H,29,30,31)/b17-15+,24-16?. The van der Waals surface area contributed by atoms with Crippen molar-refractivity contribution in [3.05, 3.63) is 52.8 Å². The molecule has 0 unspecified atom stereocenters. The molecule has 0 aromatic carbocycles. The largest absolute Gasteiger partial charge is 0.401 e. The monoisotopic (exact) mass is 467 g/mol. The van der Waals surface area contributed by atoms with Crippen LogP contribution in [0.2, 0.25) is 0 Å². The van der Waals surface area contributed by atoms with Crippen LogP contribution in [0, 0.1) is 5.41 Å². The Morgan fingerprint density at radius 1 is 1.21 bits per heavy atom. The number of nitrogens with two attached hydrogens (primary N) is 2. The van der Waals surface area contributed by atoms with Crippen LogP contribution in [0.1, 0.15) is 37.8 Å². The number of pyridine rings is 1. The second kappa shape index (κ2) is 9.71. The minimum Gasteiger partial charge on any atom is -0.385 e. The third kappa shape index (κ3) is 5.87. The fourth-order valence-electron chi connectivity index (χ4n) is 2.61. The van der Waals surface area contributed by atoms with Crippen molar-refractivity contribution in [3.63, 3.8) is 0 Å². The molecule has 0 aliphatic rings. The molecule has 2 amide bonds. The number of alkyl halides is 3. The van der Waals surface area contributed by atoms with Crippen LogP contribution in [0.3, 0.4) is 0 Å².